The van der Waals surface area contributed by atoms with Gasteiger partial charge in [-0.2, -0.15) is 0 Å². The van der Waals surface area contributed by atoms with Crippen LogP contribution in [0.1, 0.15) is 30.4 Å². The largest absolute Gasteiger partial charge is 0.494 e. The molecule has 0 unspecified atom stereocenters. The van der Waals surface area contributed by atoms with Gasteiger partial charge in [-0.15, -0.1) is 0 Å². The summed E-state index contributed by atoms with van der Waals surface area (Å²) in [7, 11) is 0. The van der Waals surface area contributed by atoms with E-state index in [0.717, 1.165) is 43.5 Å². The van der Waals surface area contributed by atoms with Crippen LogP contribution in [0.2, 0.25) is 0 Å². The summed E-state index contributed by atoms with van der Waals surface area (Å²) < 4.78 is 18.6. The first kappa shape index (κ1) is 19.9. The van der Waals surface area contributed by atoms with Crippen LogP contribution in [0.25, 0.3) is 0 Å². The third kappa shape index (κ3) is 8.12. The minimum Gasteiger partial charge on any atom is -0.494 e. The van der Waals surface area contributed by atoms with Crippen LogP contribution in [0.3, 0.4) is 0 Å². The Kier molecular flexibility index (Phi) is 8.63. The van der Waals surface area contributed by atoms with E-state index in [-0.39, 0.29) is 12.2 Å². The van der Waals surface area contributed by atoms with Crippen molar-refractivity contribution in [3.8, 4) is 5.75 Å². The van der Waals surface area contributed by atoms with Crippen LogP contribution in [0.5, 0.6) is 5.75 Å². The molecule has 26 heavy (non-hydrogen) atoms. The minimum absolute atomic E-state index is 0.160. The normalized spacial score (nSPS) is 10.7. The van der Waals surface area contributed by atoms with Crippen molar-refractivity contribution in [2.45, 2.75) is 32.1 Å². The van der Waals surface area contributed by atoms with E-state index in [1.165, 1.54) is 17.7 Å². The Morgan fingerprint density at radius 3 is 2.19 bits per heavy atom. The average Bonchev–Trinajstić information content (AvgIpc) is 2.64. The van der Waals surface area contributed by atoms with E-state index < -0.39 is 5.97 Å². The Morgan fingerprint density at radius 2 is 1.54 bits per heavy atom. The van der Waals surface area contributed by atoms with Crippen LogP contribution in [0.4, 0.5) is 4.39 Å². The van der Waals surface area contributed by atoms with Gasteiger partial charge in [-0.05, 0) is 67.6 Å². The van der Waals surface area contributed by atoms with Gasteiger partial charge in [0, 0.05) is 6.54 Å². The maximum atomic E-state index is 12.8. The predicted octanol–water partition coefficient (Wildman–Crippen LogP) is 3.83. The number of benzene rings is 2. The van der Waals surface area contributed by atoms with Crippen molar-refractivity contribution in [3.05, 3.63) is 65.5 Å². The molecule has 0 aliphatic carbocycles. The lowest BCUT2D eigenvalue weighted by Gasteiger charge is -2.08. The van der Waals surface area contributed by atoms with Gasteiger partial charge in [0.1, 0.15) is 11.6 Å². The summed E-state index contributed by atoms with van der Waals surface area (Å²) in [6.45, 7) is 1.96. The molecule has 2 rings (SSSR count). The number of carbonyl (C=O) groups is 1. The van der Waals surface area contributed by atoms with Crippen LogP contribution < -0.4 is 10.1 Å². The van der Waals surface area contributed by atoms with Gasteiger partial charge in [0.2, 0.25) is 0 Å². The molecule has 0 amide bonds. The number of ether oxygens (including phenoxy) is 1. The zero-order chi connectivity index (χ0) is 18.6. The van der Waals surface area contributed by atoms with Gasteiger partial charge in [0.05, 0.1) is 13.0 Å². The monoisotopic (exact) mass is 359 g/mol. The van der Waals surface area contributed by atoms with Crippen LogP contribution >= 0.6 is 0 Å². The smallest absolute Gasteiger partial charge is 0.304 e. The van der Waals surface area contributed by atoms with Gasteiger partial charge < -0.3 is 15.2 Å². The number of nitrogens with one attached hydrogen (secondary N) is 1. The molecule has 0 aromatic heterocycles. The lowest BCUT2D eigenvalue weighted by molar-refractivity contribution is -0.136. The van der Waals surface area contributed by atoms with Crippen LogP contribution in [-0.2, 0) is 17.6 Å². The molecule has 0 saturated heterocycles. The number of carboxylic acid groups (broad SMARTS) is 1. The second kappa shape index (κ2) is 11.3. The molecule has 0 atom stereocenters. The maximum Gasteiger partial charge on any atom is 0.304 e. The number of carboxylic acids is 1. The summed E-state index contributed by atoms with van der Waals surface area (Å²) in [6, 6.07) is 14.7. The Bertz CT molecular complexity index is 656. The third-order valence-electron chi connectivity index (χ3n) is 4.05. The zero-order valence-electron chi connectivity index (χ0n) is 14.9. The highest BCUT2D eigenvalue weighted by atomic mass is 19.1. The summed E-state index contributed by atoms with van der Waals surface area (Å²) >= 11 is 0. The number of rotatable bonds is 12. The number of halogens is 1. The van der Waals surface area contributed by atoms with Gasteiger partial charge in [0.25, 0.3) is 0 Å². The summed E-state index contributed by atoms with van der Waals surface area (Å²) in [5.74, 6) is -0.126. The molecular weight excluding hydrogens is 333 g/mol. The molecule has 0 aliphatic heterocycles. The number of aliphatic carboxylic acids is 1. The molecule has 2 aromatic carbocycles. The van der Waals surface area contributed by atoms with Crippen molar-refractivity contribution in [1.29, 1.82) is 0 Å². The second-order valence-electron chi connectivity index (χ2n) is 6.22. The molecule has 0 aliphatic rings. The molecular formula is C21H26FNO3. The Balaban J connectivity index is 1.58. The van der Waals surface area contributed by atoms with Crippen molar-refractivity contribution in [1.82, 2.24) is 5.32 Å². The van der Waals surface area contributed by atoms with E-state index in [9.17, 15) is 9.18 Å². The Morgan fingerprint density at radius 1 is 0.923 bits per heavy atom. The first-order valence-corrected chi connectivity index (χ1v) is 9.02. The zero-order valence-corrected chi connectivity index (χ0v) is 14.9. The van der Waals surface area contributed by atoms with Crippen LogP contribution in [-0.4, -0.2) is 30.8 Å². The highest BCUT2D eigenvalue weighted by molar-refractivity contribution is 5.66. The Hall–Kier alpha value is -2.40. The van der Waals surface area contributed by atoms with Crippen molar-refractivity contribution < 1.29 is 19.0 Å². The van der Waals surface area contributed by atoms with Crippen molar-refractivity contribution in [2.75, 3.05) is 19.7 Å². The van der Waals surface area contributed by atoms with Gasteiger partial charge in [-0.25, -0.2) is 4.39 Å². The lowest BCUT2D eigenvalue weighted by atomic mass is 10.1. The fourth-order valence-electron chi connectivity index (χ4n) is 2.61. The van der Waals surface area contributed by atoms with E-state index in [0.29, 0.717) is 13.2 Å². The molecule has 5 heteroatoms. The second-order valence-corrected chi connectivity index (χ2v) is 6.22. The van der Waals surface area contributed by atoms with Crippen LogP contribution in [0, 0.1) is 5.82 Å². The Labute approximate surface area is 154 Å². The van der Waals surface area contributed by atoms with Crippen LogP contribution in [0.15, 0.2) is 48.5 Å². The maximum absolute atomic E-state index is 12.8. The first-order valence-electron chi connectivity index (χ1n) is 9.02. The summed E-state index contributed by atoms with van der Waals surface area (Å²) in [4.78, 5) is 10.4. The molecule has 0 spiro atoms. The molecule has 140 valence electrons. The highest BCUT2D eigenvalue weighted by Crippen LogP contribution is 2.14. The quantitative estimate of drug-likeness (QED) is 0.566. The molecule has 4 nitrogen and oxygen atoms in total. The highest BCUT2D eigenvalue weighted by Gasteiger charge is 1.99. The van der Waals surface area contributed by atoms with E-state index in [1.807, 2.05) is 12.1 Å². The summed E-state index contributed by atoms with van der Waals surface area (Å²) in [5.41, 5.74) is 2.35. The molecule has 0 saturated carbocycles. The fourth-order valence-corrected chi connectivity index (χ4v) is 2.61. The molecule has 0 radical (unpaired) electrons. The molecule has 2 N–H and O–H groups in total. The fraction of sp³-hybridized carbons (Fsp3) is 0.381. The predicted molar refractivity (Wildman–Crippen MR) is 100 cm³/mol. The van der Waals surface area contributed by atoms with E-state index in [2.05, 4.69) is 17.4 Å². The van der Waals surface area contributed by atoms with Gasteiger partial charge in [0.15, 0.2) is 0 Å². The summed E-state index contributed by atoms with van der Waals surface area (Å²) in [6.07, 6.45) is 3.83. The van der Waals surface area contributed by atoms with E-state index >= 15 is 0 Å². The molecule has 0 fully saturated rings. The average molecular weight is 359 g/mol. The topological polar surface area (TPSA) is 58.6 Å². The van der Waals surface area contributed by atoms with Crippen molar-refractivity contribution in [3.63, 3.8) is 0 Å². The van der Waals surface area contributed by atoms with E-state index in [1.54, 1.807) is 12.1 Å². The standard InChI is InChI=1S/C21H26FNO3/c22-19-9-5-18(6-10-19)4-2-16-26-20-11-7-17(8-12-20)3-1-14-23-15-13-21(24)25/h5-12,23H,1-4,13-16H2,(H,24,25). The van der Waals surface area contributed by atoms with Gasteiger partial charge in [-0.3, -0.25) is 4.79 Å². The molecule has 0 bridgehead atoms. The minimum atomic E-state index is -0.772. The van der Waals surface area contributed by atoms with Gasteiger partial charge in [-0.1, -0.05) is 24.3 Å². The lowest BCUT2D eigenvalue weighted by Crippen LogP contribution is -2.19. The van der Waals surface area contributed by atoms with Crippen molar-refractivity contribution in [2.24, 2.45) is 0 Å². The number of hydrogen-bond acceptors (Lipinski definition) is 3. The molecule has 2 aromatic rings. The SMILES string of the molecule is O=C(O)CCNCCCc1ccc(OCCCc2ccc(F)cc2)cc1. The number of aryl methyl sites for hydroxylation is 2. The number of hydrogen-bond donors (Lipinski definition) is 2. The summed E-state index contributed by atoms with van der Waals surface area (Å²) in [5, 5.41) is 11.7. The molecule has 0 heterocycles. The third-order valence-corrected chi connectivity index (χ3v) is 4.05. The first-order chi connectivity index (χ1) is 12.6. The van der Waals surface area contributed by atoms with Crippen molar-refractivity contribution >= 4 is 5.97 Å². The van der Waals surface area contributed by atoms with E-state index in [4.69, 9.17) is 9.84 Å². The van der Waals surface area contributed by atoms with Gasteiger partial charge >= 0.3 is 5.97 Å².